The Morgan fingerprint density at radius 1 is 1.15 bits per heavy atom. The van der Waals surface area contributed by atoms with Gasteiger partial charge in [-0.2, -0.15) is 0 Å². The van der Waals surface area contributed by atoms with Crippen LogP contribution >= 0.6 is 12.4 Å². The van der Waals surface area contributed by atoms with Crippen LogP contribution in [0.2, 0.25) is 0 Å². The van der Waals surface area contributed by atoms with Gasteiger partial charge >= 0.3 is 0 Å². The van der Waals surface area contributed by atoms with Crippen molar-refractivity contribution in [2.24, 2.45) is 0 Å². The molecule has 106 valence electrons. The topological polar surface area (TPSA) is 68.9 Å². The van der Waals surface area contributed by atoms with Gasteiger partial charge < -0.3 is 14.6 Å². The monoisotopic (exact) mass is 295 g/mol. The molecule has 1 N–H and O–H groups in total. The molecule has 0 spiro atoms. The normalized spacial score (nSPS) is 10.6. The number of ether oxygens (including phenoxy) is 2. The zero-order valence-corrected chi connectivity index (χ0v) is 12.1. The maximum atomic E-state index is 10.1. The van der Waals surface area contributed by atoms with Crippen LogP contribution in [0.5, 0.6) is 17.4 Å². The fourth-order valence-electron chi connectivity index (χ4n) is 2.13. The van der Waals surface area contributed by atoms with Crippen LogP contribution in [0.15, 0.2) is 18.3 Å². The molecule has 0 radical (unpaired) electrons. The van der Waals surface area contributed by atoms with Crippen LogP contribution in [0.4, 0.5) is 0 Å². The fourth-order valence-corrected chi connectivity index (χ4v) is 2.13. The van der Waals surface area contributed by atoms with Gasteiger partial charge in [-0.15, -0.1) is 12.4 Å². The Morgan fingerprint density at radius 2 is 1.80 bits per heavy atom. The van der Waals surface area contributed by atoms with Crippen LogP contribution in [0, 0.1) is 6.92 Å². The Morgan fingerprint density at radius 3 is 2.45 bits per heavy atom. The SMILES string of the molecule is COc1cc2ncc3nc(C)c(O)n3c2cc1OC.Cl. The van der Waals surface area contributed by atoms with Crippen molar-refractivity contribution in [2.75, 3.05) is 14.2 Å². The van der Waals surface area contributed by atoms with Crippen molar-refractivity contribution in [3.05, 3.63) is 24.0 Å². The molecule has 0 amide bonds. The first-order chi connectivity index (χ1) is 9.15. The van der Waals surface area contributed by atoms with Gasteiger partial charge in [0, 0.05) is 12.1 Å². The molecule has 0 atom stereocenters. The number of aryl methyl sites for hydroxylation is 1. The van der Waals surface area contributed by atoms with Crippen LogP contribution in [-0.4, -0.2) is 33.7 Å². The van der Waals surface area contributed by atoms with Crippen molar-refractivity contribution in [1.29, 1.82) is 0 Å². The van der Waals surface area contributed by atoms with Crippen molar-refractivity contribution >= 4 is 29.1 Å². The predicted molar refractivity (Wildman–Crippen MR) is 77.2 cm³/mol. The lowest BCUT2D eigenvalue weighted by Crippen LogP contribution is -1.95. The molecule has 0 fully saturated rings. The minimum absolute atomic E-state index is 0. The van der Waals surface area contributed by atoms with Gasteiger partial charge in [-0.3, -0.25) is 9.38 Å². The van der Waals surface area contributed by atoms with Gasteiger partial charge in [0.25, 0.3) is 0 Å². The summed E-state index contributed by atoms with van der Waals surface area (Å²) in [6, 6.07) is 3.54. The summed E-state index contributed by atoms with van der Waals surface area (Å²) in [4.78, 5) is 8.56. The average molecular weight is 296 g/mol. The van der Waals surface area contributed by atoms with Crippen LogP contribution in [-0.2, 0) is 0 Å². The number of halogens is 1. The molecule has 6 nitrogen and oxygen atoms in total. The smallest absolute Gasteiger partial charge is 0.219 e. The van der Waals surface area contributed by atoms with E-state index in [1.807, 2.05) is 0 Å². The molecular formula is C13H14ClN3O3. The van der Waals surface area contributed by atoms with Crippen LogP contribution in [0.25, 0.3) is 16.7 Å². The molecule has 0 aliphatic heterocycles. The van der Waals surface area contributed by atoms with E-state index in [9.17, 15) is 5.11 Å². The Labute approximate surface area is 121 Å². The Kier molecular flexibility index (Phi) is 3.59. The zero-order valence-electron chi connectivity index (χ0n) is 11.2. The van der Waals surface area contributed by atoms with Crippen LogP contribution < -0.4 is 9.47 Å². The van der Waals surface area contributed by atoms with E-state index in [2.05, 4.69) is 9.97 Å². The summed E-state index contributed by atoms with van der Waals surface area (Å²) in [6.07, 6.45) is 1.61. The van der Waals surface area contributed by atoms with Crippen molar-refractivity contribution in [1.82, 2.24) is 14.4 Å². The van der Waals surface area contributed by atoms with E-state index >= 15 is 0 Å². The van der Waals surface area contributed by atoms with Crippen molar-refractivity contribution in [2.45, 2.75) is 6.92 Å². The summed E-state index contributed by atoms with van der Waals surface area (Å²) in [6.45, 7) is 1.74. The summed E-state index contributed by atoms with van der Waals surface area (Å²) in [7, 11) is 3.14. The highest BCUT2D eigenvalue weighted by Crippen LogP contribution is 2.33. The van der Waals surface area contributed by atoms with Gasteiger partial charge in [-0.25, -0.2) is 4.98 Å². The lowest BCUT2D eigenvalue weighted by molar-refractivity contribution is 0.355. The van der Waals surface area contributed by atoms with E-state index in [1.54, 1.807) is 43.9 Å². The summed E-state index contributed by atoms with van der Waals surface area (Å²) < 4.78 is 12.1. The molecule has 0 unspecified atom stereocenters. The first-order valence-corrected chi connectivity index (χ1v) is 5.74. The van der Waals surface area contributed by atoms with Gasteiger partial charge in [-0.1, -0.05) is 0 Å². The second kappa shape index (κ2) is 5.05. The van der Waals surface area contributed by atoms with E-state index < -0.39 is 0 Å². The van der Waals surface area contributed by atoms with Gasteiger partial charge in [0.1, 0.15) is 5.69 Å². The maximum Gasteiger partial charge on any atom is 0.219 e. The zero-order chi connectivity index (χ0) is 13.6. The Balaban J connectivity index is 0.00000147. The predicted octanol–water partition coefficient (Wildman–Crippen LogP) is 2.34. The lowest BCUT2D eigenvalue weighted by Gasteiger charge is -2.09. The number of aromatic nitrogens is 3. The summed E-state index contributed by atoms with van der Waals surface area (Å²) >= 11 is 0. The van der Waals surface area contributed by atoms with Gasteiger partial charge in [0.05, 0.1) is 31.4 Å². The van der Waals surface area contributed by atoms with E-state index in [0.717, 1.165) is 0 Å². The van der Waals surface area contributed by atoms with Gasteiger partial charge in [0.2, 0.25) is 5.88 Å². The van der Waals surface area contributed by atoms with Crippen LogP contribution in [0.3, 0.4) is 0 Å². The molecular weight excluding hydrogens is 282 g/mol. The summed E-state index contributed by atoms with van der Waals surface area (Å²) in [5, 5.41) is 10.1. The number of methoxy groups -OCH3 is 2. The number of benzene rings is 1. The first kappa shape index (κ1) is 14.2. The van der Waals surface area contributed by atoms with E-state index in [-0.39, 0.29) is 18.3 Å². The third kappa shape index (κ3) is 1.89. The van der Waals surface area contributed by atoms with Gasteiger partial charge in [-0.05, 0) is 6.92 Å². The highest BCUT2D eigenvalue weighted by Gasteiger charge is 2.14. The van der Waals surface area contributed by atoms with Crippen molar-refractivity contribution in [3.63, 3.8) is 0 Å². The molecule has 0 saturated carbocycles. The summed E-state index contributed by atoms with van der Waals surface area (Å²) in [5.74, 6) is 1.28. The molecule has 7 heteroatoms. The molecule has 2 aromatic heterocycles. The van der Waals surface area contributed by atoms with Crippen molar-refractivity contribution < 1.29 is 14.6 Å². The number of imidazole rings is 1. The van der Waals surface area contributed by atoms with Crippen LogP contribution in [0.1, 0.15) is 5.69 Å². The van der Waals surface area contributed by atoms with E-state index in [0.29, 0.717) is 33.9 Å². The molecule has 3 aromatic rings. The number of hydrogen-bond acceptors (Lipinski definition) is 5. The molecule has 0 bridgehead atoms. The molecule has 20 heavy (non-hydrogen) atoms. The van der Waals surface area contributed by atoms with Gasteiger partial charge in [0.15, 0.2) is 17.1 Å². The third-order valence-corrected chi connectivity index (χ3v) is 3.09. The quantitative estimate of drug-likeness (QED) is 0.786. The number of fused-ring (bicyclic) bond motifs is 3. The van der Waals surface area contributed by atoms with E-state index in [1.165, 1.54) is 0 Å². The molecule has 0 saturated heterocycles. The number of aromatic hydroxyl groups is 1. The lowest BCUT2D eigenvalue weighted by atomic mass is 10.2. The number of nitrogens with zero attached hydrogens (tertiary/aromatic N) is 3. The van der Waals surface area contributed by atoms with Crippen molar-refractivity contribution in [3.8, 4) is 17.4 Å². The standard InChI is InChI=1S/C13H13N3O3.ClH/c1-7-13(17)16-9-5-11(19-3)10(18-2)4-8(9)14-6-12(16)15-7;/h4-6,17H,1-3H3;1H. The highest BCUT2D eigenvalue weighted by atomic mass is 35.5. The third-order valence-electron chi connectivity index (χ3n) is 3.09. The molecule has 3 rings (SSSR count). The first-order valence-electron chi connectivity index (χ1n) is 5.74. The second-order valence-electron chi connectivity index (χ2n) is 4.17. The minimum Gasteiger partial charge on any atom is -0.493 e. The average Bonchev–Trinajstić information content (AvgIpc) is 2.73. The van der Waals surface area contributed by atoms with E-state index in [4.69, 9.17) is 9.47 Å². The molecule has 2 heterocycles. The largest absolute Gasteiger partial charge is 0.493 e. The molecule has 0 aliphatic rings. The summed E-state index contributed by atoms with van der Waals surface area (Å²) in [5.41, 5.74) is 2.56. The number of rotatable bonds is 2. The fraction of sp³-hybridized carbons (Fsp3) is 0.231. The Hall–Kier alpha value is -2.21. The molecule has 1 aromatic carbocycles. The highest BCUT2D eigenvalue weighted by molar-refractivity contribution is 5.85. The maximum absolute atomic E-state index is 10.1. The Bertz CT molecular complexity index is 785. The number of hydrogen-bond donors (Lipinski definition) is 1. The molecule has 0 aliphatic carbocycles. The minimum atomic E-state index is 0. The second-order valence-corrected chi connectivity index (χ2v) is 4.17.